The van der Waals surface area contributed by atoms with Crippen molar-refractivity contribution >= 4 is 21.6 Å². The summed E-state index contributed by atoms with van der Waals surface area (Å²) in [5.74, 6) is 0.849. The van der Waals surface area contributed by atoms with Gasteiger partial charge in [-0.05, 0) is 63.4 Å². The Balaban J connectivity index is 1.16. The first kappa shape index (κ1) is 25.6. The van der Waals surface area contributed by atoms with Crippen LogP contribution in [0.2, 0.25) is 0 Å². The van der Waals surface area contributed by atoms with Gasteiger partial charge in [-0.15, -0.1) is 0 Å². The number of benzene rings is 2. The normalized spacial score (nSPS) is 19.5. The molecule has 1 aromatic heterocycles. The maximum absolute atomic E-state index is 13.0. The summed E-state index contributed by atoms with van der Waals surface area (Å²) in [7, 11) is -3.49. The summed E-state index contributed by atoms with van der Waals surface area (Å²) in [5, 5.41) is 7.07. The molecule has 2 fully saturated rings. The van der Waals surface area contributed by atoms with Crippen LogP contribution in [0.25, 0.3) is 11.4 Å². The Bertz CT molecular complexity index is 1320. The molecular weight excluding hydrogens is 490 g/mol. The van der Waals surface area contributed by atoms with E-state index in [9.17, 15) is 13.2 Å². The molecule has 0 aliphatic carbocycles. The lowest BCUT2D eigenvalue weighted by molar-refractivity contribution is -0.121. The number of sulfonamides is 1. The predicted molar refractivity (Wildman–Crippen MR) is 140 cm³/mol. The van der Waals surface area contributed by atoms with E-state index in [4.69, 9.17) is 4.52 Å². The second-order valence-corrected chi connectivity index (χ2v) is 11.9. The number of piperidine rings is 2. The monoisotopic (exact) mass is 523 g/mol. The molecule has 1 N–H and O–H groups in total. The Morgan fingerprint density at radius 1 is 1.00 bits per heavy atom. The maximum Gasteiger partial charge on any atom is 0.243 e. The second-order valence-electron chi connectivity index (χ2n) is 9.93. The fourth-order valence-electron chi connectivity index (χ4n) is 4.95. The Hall–Kier alpha value is -3.08. The summed E-state index contributed by atoms with van der Waals surface area (Å²) in [5.41, 5.74) is 2.68. The minimum atomic E-state index is -3.49. The fourth-order valence-corrected chi connectivity index (χ4v) is 6.47. The van der Waals surface area contributed by atoms with Crippen molar-refractivity contribution in [3.8, 4) is 11.4 Å². The Morgan fingerprint density at radius 2 is 1.73 bits per heavy atom. The number of rotatable bonds is 7. The number of likely N-dealkylation sites (tertiary alicyclic amines) is 1. The van der Waals surface area contributed by atoms with Crippen molar-refractivity contribution in [3.63, 3.8) is 0 Å². The van der Waals surface area contributed by atoms with Crippen LogP contribution in [0.4, 0.5) is 5.69 Å². The molecule has 0 bridgehead atoms. The molecule has 3 aromatic rings. The number of hydrogen-bond acceptors (Lipinski definition) is 7. The molecule has 2 saturated heterocycles. The summed E-state index contributed by atoms with van der Waals surface area (Å²) in [6.07, 6.45) is 4.55. The van der Waals surface area contributed by atoms with Crippen LogP contribution < -0.4 is 5.32 Å². The van der Waals surface area contributed by atoms with Crippen LogP contribution in [-0.4, -0.2) is 59.8 Å². The van der Waals surface area contributed by atoms with Gasteiger partial charge in [0.05, 0.1) is 17.4 Å². The number of aromatic nitrogens is 2. The molecule has 2 aromatic carbocycles. The van der Waals surface area contributed by atoms with Gasteiger partial charge in [0, 0.05) is 30.9 Å². The highest BCUT2D eigenvalue weighted by atomic mass is 32.2. The lowest BCUT2D eigenvalue weighted by Gasteiger charge is -2.30. The number of nitrogens with zero attached hydrogens (tertiary/aromatic N) is 4. The molecule has 10 heteroatoms. The fraction of sp³-hybridized carbons (Fsp3) is 0.444. The SMILES string of the molecule is Cc1ccc(-c2noc(CN3CCCC(C(=O)Nc4ccc(S(=O)(=O)N5CCCCC5)cc4)C3)n2)cc1. The Kier molecular flexibility index (Phi) is 7.68. The van der Waals surface area contributed by atoms with Gasteiger partial charge in [0.2, 0.25) is 27.6 Å². The van der Waals surface area contributed by atoms with Gasteiger partial charge in [0.1, 0.15) is 0 Å². The van der Waals surface area contributed by atoms with Crippen LogP contribution in [0.15, 0.2) is 57.9 Å². The minimum absolute atomic E-state index is 0.0674. The van der Waals surface area contributed by atoms with Crippen LogP contribution >= 0.6 is 0 Å². The zero-order chi connectivity index (χ0) is 25.8. The average Bonchev–Trinajstić information content (AvgIpc) is 3.38. The van der Waals surface area contributed by atoms with E-state index in [2.05, 4.69) is 20.4 Å². The molecule has 0 saturated carbocycles. The van der Waals surface area contributed by atoms with E-state index in [1.54, 1.807) is 28.6 Å². The van der Waals surface area contributed by atoms with E-state index < -0.39 is 10.0 Å². The van der Waals surface area contributed by atoms with Crippen molar-refractivity contribution in [2.75, 3.05) is 31.5 Å². The summed E-state index contributed by atoms with van der Waals surface area (Å²) in [4.78, 5) is 20.0. The number of carbonyl (C=O) groups excluding carboxylic acids is 1. The molecule has 3 heterocycles. The van der Waals surface area contributed by atoms with Crippen LogP contribution in [-0.2, 0) is 21.4 Å². The van der Waals surface area contributed by atoms with E-state index in [1.165, 1.54) is 5.56 Å². The van der Waals surface area contributed by atoms with Crippen molar-refractivity contribution in [1.29, 1.82) is 0 Å². The third kappa shape index (κ3) is 6.08. The predicted octanol–water partition coefficient (Wildman–Crippen LogP) is 4.07. The maximum atomic E-state index is 13.0. The van der Waals surface area contributed by atoms with Gasteiger partial charge in [-0.3, -0.25) is 9.69 Å². The quantitative estimate of drug-likeness (QED) is 0.497. The highest BCUT2D eigenvalue weighted by Gasteiger charge is 2.28. The molecule has 0 spiro atoms. The van der Waals surface area contributed by atoms with Gasteiger partial charge in [0.25, 0.3) is 0 Å². The Morgan fingerprint density at radius 3 is 2.46 bits per heavy atom. The van der Waals surface area contributed by atoms with E-state index >= 15 is 0 Å². The number of aryl methyl sites for hydroxylation is 1. The third-order valence-corrected chi connectivity index (χ3v) is 9.00. The number of hydrogen-bond donors (Lipinski definition) is 1. The largest absolute Gasteiger partial charge is 0.338 e. The number of amides is 1. The van der Waals surface area contributed by atoms with E-state index in [0.717, 1.165) is 44.2 Å². The molecule has 9 nitrogen and oxygen atoms in total. The zero-order valence-corrected chi connectivity index (χ0v) is 21.9. The van der Waals surface area contributed by atoms with Crippen LogP contribution in [0.3, 0.4) is 0 Å². The molecule has 5 rings (SSSR count). The smallest absolute Gasteiger partial charge is 0.243 e. The topological polar surface area (TPSA) is 109 Å². The van der Waals surface area contributed by atoms with E-state index in [1.807, 2.05) is 31.2 Å². The van der Waals surface area contributed by atoms with Gasteiger partial charge < -0.3 is 9.84 Å². The molecule has 37 heavy (non-hydrogen) atoms. The minimum Gasteiger partial charge on any atom is -0.338 e. The number of carbonyl (C=O) groups is 1. The molecule has 1 unspecified atom stereocenters. The number of anilines is 1. The first-order chi connectivity index (χ1) is 17.9. The van der Waals surface area contributed by atoms with Crippen LogP contribution in [0, 0.1) is 12.8 Å². The molecule has 1 atom stereocenters. The van der Waals surface area contributed by atoms with Gasteiger partial charge >= 0.3 is 0 Å². The van der Waals surface area contributed by atoms with Gasteiger partial charge in [-0.25, -0.2) is 8.42 Å². The van der Waals surface area contributed by atoms with Crippen molar-refractivity contribution < 1.29 is 17.7 Å². The molecule has 2 aliphatic rings. The molecular formula is C27H33N5O4S. The average molecular weight is 524 g/mol. The highest BCUT2D eigenvalue weighted by molar-refractivity contribution is 7.89. The van der Waals surface area contributed by atoms with Crippen LogP contribution in [0.1, 0.15) is 43.6 Å². The third-order valence-electron chi connectivity index (χ3n) is 7.09. The summed E-state index contributed by atoms with van der Waals surface area (Å²) in [6, 6.07) is 14.5. The van der Waals surface area contributed by atoms with Gasteiger partial charge in [-0.2, -0.15) is 9.29 Å². The first-order valence-electron chi connectivity index (χ1n) is 12.9. The Labute approximate surface area is 217 Å². The van der Waals surface area contributed by atoms with Gasteiger partial charge in [-0.1, -0.05) is 41.4 Å². The van der Waals surface area contributed by atoms with Crippen LogP contribution in [0.5, 0.6) is 0 Å². The number of nitrogens with one attached hydrogen (secondary N) is 1. The molecule has 196 valence electrons. The first-order valence-corrected chi connectivity index (χ1v) is 14.4. The standard InChI is InChI=1S/C27H33N5O4S/c1-20-7-9-21(10-8-20)26-29-25(36-30-26)19-31-15-5-6-22(18-31)27(33)28-23-11-13-24(14-12-23)37(34,35)32-16-3-2-4-17-32/h7-14,22H,2-6,15-19H2,1H3,(H,28,33). The van der Waals surface area contributed by atoms with E-state index in [-0.39, 0.29) is 16.7 Å². The van der Waals surface area contributed by atoms with Crippen molar-refractivity contribution in [3.05, 3.63) is 60.0 Å². The zero-order valence-electron chi connectivity index (χ0n) is 21.1. The van der Waals surface area contributed by atoms with Crippen molar-refractivity contribution in [2.45, 2.75) is 50.5 Å². The summed E-state index contributed by atoms with van der Waals surface area (Å²) < 4.78 is 32.8. The lowest BCUT2D eigenvalue weighted by atomic mass is 9.97. The van der Waals surface area contributed by atoms with E-state index in [0.29, 0.717) is 43.6 Å². The van der Waals surface area contributed by atoms with Crippen molar-refractivity contribution in [1.82, 2.24) is 19.3 Å². The molecule has 2 aliphatic heterocycles. The molecule has 1 amide bonds. The van der Waals surface area contributed by atoms with Gasteiger partial charge in [0.15, 0.2) is 0 Å². The summed E-state index contributed by atoms with van der Waals surface area (Å²) >= 11 is 0. The second kappa shape index (κ2) is 11.1. The molecule has 0 radical (unpaired) electrons. The van der Waals surface area contributed by atoms with Crippen molar-refractivity contribution in [2.24, 2.45) is 5.92 Å². The lowest BCUT2D eigenvalue weighted by Crippen LogP contribution is -2.40. The summed E-state index contributed by atoms with van der Waals surface area (Å²) in [6.45, 7) is 5.10. The highest BCUT2D eigenvalue weighted by Crippen LogP contribution is 2.24.